The fraction of sp³-hybridized carbons (Fsp3) is 0.222. The lowest BCUT2D eigenvalue weighted by atomic mass is 10.0. The normalized spacial score (nSPS) is 14.5. The summed E-state index contributed by atoms with van der Waals surface area (Å²) < 4.78 is 16.2. The van der Waals surface area contributed by atoms with Crippen molar-refractivity contribution in [1.29, 1.82) is 0 Å². The van der Waals surface area contributed by atoms with Crippen LogP contribution in [0.15, 0.2) is 73.1 Å². The van der Waals surface area contributed by atoms with Crippen molar-refractivity contribution < 1.29 is 14.0 Å². The van der Waals surface area contributed by atoms with Crippen LogP contribution in [0.3, 0.4) is 0 Å². The van der Waals surface area contributed by atoms with Crippen molar-refractivity contribution in [3.8, 4) is 11.1 Å². The Kier molecular flexibility index (Phi) is 5.84. The Hall–Kier alpha value is -4.00. The van der Waals surface area contributed by atoms with Gasteiger partial charge in [0.1, 0.15) is 11.5 Å². The number of aryl methyl sites for hydroxylation is 1. The van der Waals surface area contributed by atoms with Gasteiger partial charge >= 0.3 is 0 Å². The summed E-state index contributed by atoms with van der Waals surface area (Å²) in [6.07, 6.45) is 4.14. The number of hydrogen-bond donors (Lipinski definition) is 0. The van der Waals surface area contributed by atoms with E-state index < -0.39 is 0 Å². The number of carbonyl (C=O) groups is 2. The lowest BCUT2D eigenvalue weighted by Crippen LogP contribution is -2.35. The van der Waals surface area contributed by atoms with E-state index >= 15 is 0 Å². The maximum absolute atomic E-state index is 14.2. The summed E-state index contributed by atoms with van der Waals surface area (Å²) in [7, 11) is 0. The molecule has 0 saturated carbocycles. The molecule has 1 aliphatic rings. The first-order valence-corrected chi connectivity index (χ1v) is 11.3. The molecule has 4 aromatic rings. The predicted octanol–water partition coefficient (Wildman–Crippen LogP) is 4.32. The molecule has 6 nitrogen and oxygen atoms in total. The van der Waals surface area contributed by atoms with Crippen molar-refractivity contribution >= 4 is 17.5 Å². The largest absolute Gasteiger partial charge is 0.336 e. The summed E-state index contributed by atoms with van der Waals surface area (Å²) in [6.45, 7) is 3.63. The molecule has 1 aliphatic heterocycles. The van der Waals surface area contributed by atoms with Crippen LogP contribution in [0.1, 0.15) is 28.0 Å². The molecule has 2 aromatic carbocycles. The van der Waals surface area contributed by atoms with E-state index in [0.29, 0.717) is 42.9 Å². The lowest BCUT2D eigenvalue weighted by molar-refractivity contribution is -0.131. The molecule has 34 heavy (non-hydrogen) atoms. The van der Waals surface area contributed by atoms with Crippen LogP contribution in [0, 0.1) is 12.7 Å². The van der Waals surface area contributed by atoms with Crippen LogP contribution in [0.5, 0.6) is 0 Å². The van der Waals surface area contributed by atoms with Gasteiger partial charge in [0.2, 0.25) is 5.91 Å². The van der Waals surface area contributed by atoms with Gasteiger partial charge in [-0.2, -0.15) is 0 Å². The molecule has 2 aromatic heterocycles. The molecule has 2 amide bonds. The molecule has 0 spiro atoms. The zero-order chi connectivity index (χ0) is 23.7. The van der Waals surface area contributed by atoms with Crippen molar-refractivity contribution in [3.05, 3.63) is 95.7 Å². The van der Waals surface area contributed by atoms with Gasteiger partial charge in [0.25, 0.3) is 5.91 Å². The number of fused-ring (bicyclic) bond motifs is 1. The van der Waals surface area contributed by atoms with Crippen molar-refractivity contribution in [2.24, 2.45) is 0 Å². The number of amides is 2. The summed E-state index contributed by atoms with van der Waals surface area (Å²) in [5.74, 6) is -0.481. The molecule has 1 fully saturated rings. The number of aromatic nitrogens is 2. The summed E-state index contributed by atoms with van der Waals surface area (Å²) in [6, 6.07) is 17.5. The second-order valence-corrected chi connectivity index (χ2v) is 8.57. The minimum atomic E-state index is -0.328. The van der Waals surface area contributed by atoms with Crippen molar-refractivity contribution in [3.63, 3.8) is 0 Å². The smallest absolute Gasteiger partial charge is 0.253 e. The molecule has 0 atom stereocenters. The topological polar surface area (TPSA) is 57.9 Å². The molecule has 5 rings (SSSR count). The highest BCUT2D eigenvalue weighted by Crippen LogP contribution is 2.24. The third-order valence-electron chi connectivity index (χ3n) is 6.25. The van der Waals surface area contributed by atoms with Crippen LogP contribution in [0.2, 0.25) is 0 Å². The highest BCUT2D eigenvalue weighted by Gasteiger charge is 2.25. The number of benzene rings is 2. The number of hydrogen-bond acceptors (Lipinski definition) is 3. The van der Waals surface area contributed by atoms with Gasteiger partial charge in [-0.05, 0) is 42.3 Å². The van der Waals surface area contributed by atoms with E-state index in [1.54, 1.807) is 52.3 Å². The molecule has 0 radical (unpaired) electrons. The van der Waals surface area contributed by atoms with Gasteiger partial charge in [-0.1, -0.05) is 36.4 Å². The molecule has 3 heterocycles. The van der Waals surface area contributed by atoms with Crippen LogP contribution in [-0.2, 0) is 11.3 Å². The zero-order valence-corrected chi connectivity index (χ0v) is 18.9. The summed E-state index contributed by atoms with van der Waals surface area (Å²) >= 11 is 0. The van der Waals surface area contributed by atoms with Gasteiger partial charge in [-0.25, -0.2) is 9.37 Å². The van der Waals surface area contributed by atoms with Crippen molar-refractivity contribution in [1.82, 2.24) is 19.2 Å². The highest BCUT2D eigenvalue weighted by molar-refractivity contribution is 5.96. The fourth-order valence-electron chi connectivity index (χ4n) is 4.41. The van der Waals surface area contributed by atoms with Gasteiger partial charge in [-0.3, -0.25) is 9.59 Å². The Morgan fingerprint density at radius 3 is 2.71 bits per heavy atom. The van der Waals surface area contributed by atoms with E-state index in [4.69, 9.17) is 0 Å². The molecule has 172 valence electrons. The maximum Gasteiger partial charge on any atom is 0.253 e. The first kappa shape index (κ1) is 21.8. The summed E-state index contributed by atoms with van der Waals surface area (Å²) in [5, 5.41) is 0. The molecule has 7 heteroatoms. The minimum Gasteiger partial charge on any atom is -0.336 e. The van der Waals surface area contributed by atoms with Gasteiger partial charge in [0.05, 0.1) is 12.2 Å². The SMILES string of the molecule is Cc1cccn2cc(CN3CCN(C(=O)c4cccc(-c5ccccc5F)c4)CCC3=O)nc12. The molecule has 0 N–H and O–H groups in total. The first-order chi connectivity index (χ1) is 16.5. The number of rotatable bonds is 4. The van der Waals surface area contributed by atoms with E-state index in [1.165, 1.54) is 6.07 Å². The number of nitrogens with zero attached hydrogens (tertiary/aromatic N) is 4. The predicted molar refractivity (Wildman–Crippen MR) is 128 cm³/mol. The molecular formula is C27H25FN4O2. The van der Waals surface area contributed by atoms with Crippen molar-refractivity contribution in [2.45, 2.75) is 19.9 Å². The fourth-order valence-corrected chi connectivity index (χ4v) is 4.41. The zero-order valence-electron chi connectivity index (χ0n) is 18.9. The van der Waals surface area contributed by atoms with E-state index in [1.807, 2.05) is 35.9 Å². The van der Waals surface area contributed by atoms with Crippen LogP contribution in [-0.4, -0.2) is 50.6 Å². The first-order valence-electron chi connectivity index (χ1n) is 11.3. The van der Waals surface area contributed by atoms with Crippen molar-refractivity contribution in [2.75, 3.05) is 19.6 Å². The van der Waals surface area contributed by atoms with Crippen LogP contribution < -0.4 is 0 Å². The van der Waals surface area contributed by atoms with Crippen LogP contribution >= 0.6 is 0 Å². The average molecular weight is 457 g/mol. The molecule has 0 unspecified atom stereocenters. The Balaban J connectivity index is 1.30. The van der Waals surface area contributed by atoms with E-state index in [9.17, 15) is 14.0 Å². The Morgan fingerprint density at radius 1 is 1.03 bits per heavy atom. The lowest BCUT2D eigenvalue weighted by Gasteiger charge is -2.22. The Bertz CT molecular complexity index is 1380. The number of imidazole rings is 1. The number of carbonyl (C=O) groups excluding carboxylic acids is 2. The van der Waals surface area contributed by atoms with E-state index in [0.717, 1.165) is 16.9 Å². The van der Waals surface area contributed by atoms with Crippen LogP contribution in [0.25, 0.3) is 16.8 Å². The number of pyridine rings is 1. The summed E-state index contributed by atoms with van der Waals surface area (Å²) in [4.78, 5) is 34.2. The average Bonchev–Trinajstić information content (AvgIpc) is 3.18. The van der Waals surface area contributed by atoms with E-state index in [2.05, 4.69) is 4.98 Å². The molecule has 0 aliphatic carbocycles. The Labute approximate surface area is 197 Å². The van der Waals surface area contributed by atoms with Gasteiger partial charge in [-0.15, -0.1) is 0 Å². The Morgan fingerprint density at radius 2 is 1.88 bits per heavy atom. The van der Waals surface area contributed by atoms with E-state index in [-0.39, 0.29) is 24.1 Å². The molecule has 1 saturated heterocycles. The van der Waals surface area contributed by atoms with Crippen LogP contribution in [0.4, 0.5) is 4.39 Å². The quantitative estimate of drug-likeness (QED) is 0.460. The van der Waals surface area contributed by atoms with Gasteiger partial charge < -0.3 is 14.2 Å². The number of halogens is 1. The molecular weight excluding hydrogens is 431 g/mol. The highest BCUT2D eigenvalue weighted by atomic mass is 19.1. The second-order valence-electron chi connectivity index (χ2n) is 8.57. The van der Waals surface area contributed by atoms with Gasteiger partial charge in [0.15, 0.2) is 0 Å². The van der Waals surface area contributed by atoms with Gasteiger partial charge in [0, 0.05) is 49.6 Å². The minimum absolute atomic E-state index is 0.00388. The molecule has 0 bridgehead atoms. The second kappa shape index (κ2) is 9.09. The maximum atomic E-state index is 14.2. The monoisotopic (exact) mass is 456 g/mol. The standard InChI is InChI=1S/C27H25FN4O2/c1-19-6-5-12-32-18-22(29-26(19)32)17-31-15-14-30(13-11-25(31)33)27(34)21-8-4-7-20(16-21)23-9-2-3-10-24(23)28/h2-10,12,16,18H,11,13-15,17H2,1H3. The third-order valence-corrected chi connectivity index (χ3v) is 6.25. The third kappa shape index (κ3) is 4.29. The summed E-state index contributed by atoms with van der Waals surface area (Å²) in [5.41, 5.74) is 4.37.